The lowest BCUT2D eigenvalue weighted by atomic mass is 10.0. The normalized spacial score (nSPS) is 13.6. The van der Waals surface area contributed by atoms with E-state index in [0.29, 0.717) is 24.3 Å². The van der Waals surface area contributed by atoms with Crippen molar-refractivity contribution in [2.24, 2.45) is 5.73 Å². The van der Waals surface area contributed by atoms with Gasteiger partial charge in [0.05, 0.1) is 6.61 Å². The van der Waals surface area contributed by atoms with Crippen LogP contribution in [0.3, 0.4) is 0 Å². The minimum Gasteiger partial charge on any atom is -0.330 e. The molecule has 0 spiro atoms. The first-order chi connectivity index (χ1) is 7.67. The molecule has 5 heteroatoms. The topological polar surface area (TPSA) is 52.3 Å². The predicted molar refractivity (Wildman–Crippen MR) is 67.3 cm³/mol. The van der Waals surface area contributed by atoms with Crippen LogP contribution in [0, 0.1) is 0 Å². The maximum atomic E-state index is 11.5. The third-order valence-corrected chi connectivity index (χ3v) is 3.81. The lowest BCUT2D eigenvalue weighted by Gasteiger charge is -2.09. The van der Waals surface area contributed by atoms with Crippen LogP contribution < -0.4 is 5.73 Å². The fourth-order valence-corrected chi connectivity index (χ4v) is 2.67. The summed E-state index contributed by atoms with van der Waals surface area (Å²) in [5, 5.41) is 0.689. The van der Waals surface area contributed by atoms with Crippen LogP contribution in [0.1, 0.15) is 18.4 Å². The Bertz CT molecular complexity index is 342. The Balaban J connectivity index is 2.67. The molecule has 0 aliphatic rings. The van der Waals surface area contributed by atoms with Gasteiger partial charge in [0.25, 0.3) is 0 Å². The number of rotatable bonds is 6. The zero-order valence-corrected chi connectivity index (χ0v) is 10.9. The van der Waals surface area contributed by atoms with Crippen molar-refractivity contribution in [1.29, 1.82) is 0 Å². The van der Waals surface area contributed by atoms with E-state index in [1.807, 2.05) is 31.2 Å². The highest BCUT2D eigenvalue weighted by atomic mass is 35.5. The third-order valence-electron chi connectivity index (χ3n) is 2.27. The summed E-state index contributed by atoms with van der Waals surface area (Å²) in [6.07, 6.45) is 0.460. The maximum absolute atomic E-state index is 11.5. The molecule has 0 aliphatic heterocycles. The Morgan fingerprint density at radius 1 is 1.44 bits per heavy atom. The van der Waals surface area contributed by atoms with E-state index in [1.54, 1.807) is 0 Å². The predicted octanol–water partition coefficient (Wildman–Crippen LogP) is 3.16. The molecule has 0 aliphatic carbocycles. The van der Waals surface area contributed by atoms with Gasteiger partial charge in [0.15, 0.2) is 6.16 Å². The fourth-order valence-electron chi connectivity index (χ4n) is 1.43. The Morgan fingerprint density at radius 3 is 2.56 bits per heavy atom. The zero-order valence-electron chi connectivity index (χ0n) is 9.23. The van der Waals surface area contributed by atoms with Crippen LogP contribution in [0.15, 0.2) is 24.3 Å². The van der Waals surface area contributed by atoms with E-state index >= 15 is 0 Å². The molecule has 2 atom stereocenters. The molecule has 2 unspecified atom stereocenters. The van der Waals surface area contributed by atoms with E-state index in [1.165, 1.54) is 0 Å². The smallest absolute Gasteiger partial charge is 0.330 e. The van der Waals surface area contributed by atoms with E-state index in [4.69, 9.17) is 21.9 Å². The molecule has 1 aromatic rings. The first-order valence-corrected chi connectivity index (χ1v) is 6.94. The van der Waals surface area contributed by atoms with Gasteiger partial charge in [-0.3, -0.25) is 0 Å². The van der Waals surface area contributed by atoms with E-state index in [-0.39, 0.29) is 5.92 Å². The molecule has 0 saturated heterocycles. The van der Waals surface area contributed by atoms with Crippen molar-refractivity contribution >= 4 is 19.6 Å². The lowest BCUT2D eigenvalue weighted by Crippen LogP contribution is -2.15. The van der Waals surface area contributed by atoms with Crippen molar-refractivity contribution in [2.45, 2.75) is 12.8 Å². The summed E-state index contributed by atoms with van der Waals surface area (Å²) in [5.74, 6) is 0.0624. The average Bonchev–Trinajstić information content (AvgIpc) is 2.27. The number of halogens is 1. The SMILES string of the molecule is CCO[P+](=O)CC(CN)c1ccc(Cl)cc1. The summed E-state index contributed by atoms with van der Waals surface area (Å²) in [4.78, 5) is 0. The summed E-state index contributed by atoms with van der Waals surface area (Å²) >= 11 is 5.80. The molecule has 0 bridgehead atoms. The second-order valence-electron chi connectivity index (χ2n) is 3.42. The van der Waals surface area contributed by atoms with E-state index < -0.39 is 8.03 Å². The van der Waals surface area contributed by atoms with Crippen LogP contribution in [-0.4, -0.2) is 19.3 Å². The fraction of sp³-hybridized carbons (Fsp3) is 0.455. The van der Waals surface area contributed by atoms with Crippen LogP contribution in [-0.2, 0) is 9.09 Å². The second-order valence-corrected chi connectivity index (χ2v) is 5.14. The van der Waals surface area contributed by atoms with Gasteiger partial charge in [0, 0.05) is 17.5 Å². The molecule has 0 saturated carbocycles. The molecular formula is C11H16ClNO2P+. The first-order valence-electron chi connectivity index (χ1n) is 5.20. The quantitative estimate of drug-likeness (QED) is 0.800. The highest BCUT2D eigenvalue weighted by Gasteiger charge is 2.24. The van der Waals surface area contributed by atoms with Gasteiger partial charge in [0.1, 0.15) is 0 Å². The van der Waals surface area contributed by atoms with E-state index in [2.05, 4.69) is 0 Å². The Labute approximate surface area is 102 Å². The number of hydrogen-bond donors (Lipinski definition) is 1. The van der Waals surface area contributed by atoms with Crippen molar-refractivity contribution in [2.75, 3.05) is 19.3 Å². The van der Waals surface area contributed by atoms with Crippen LogP contribution in [0.5, 0.6) is 0 Å². The third kappa shape index (κ3) is 4.18. The first kappa shape index (κ1) is 13.6. The van der Waals surface area contributed by atoms with Gasteiger partial charge >= 0.3 is 8.03 Å². The number of benzene rings is 1. The zero-order chi connectivity index (χ0) is 12.0. The molecule has 0 amide bonds. The highest BCUT2D eigenvalue weighted by molar-refractivity contribution is 7.39. The van der Waals surface area contributed by atoms with Crippen LogP contribution in [0.25, 0.3) is 0 Å². The Kier molecular flexibility index (Phi) is 5.93. The van der Waals surface area contributed by atoms with Gasteiger partial charge < -0.3 is 5.73 Å². The molecular weight excluding hydrogens is 245 g/mol. The standard InChI is InChI=1S/C11H16ClNO2P/c1-2-15-16(14)8-10(7-13)9-3-5-11(12)6-4-9/h3-6,10H,2,7-8,13H2,1H3/q+1. The van der Waals surface area contributed by atoms with Crippen molar-refractivity contribution in [3.63, 3.8) is 0 Å². The van der Waals surface area contributed by atoms with Gasteiger partial charge in [0.2, 0.25) is 0 Å². The van der Waals surface area contributed by atoms with Crippen molar-refractivity contribution < 1.29 is 9.09 Å². The molecule has 1 rings (SSSR count). The number of nitrogens with two attached hydrogens (primary N) is 1. The van der Waals surface area contributed by atoms with Crippen LogP contribution in [0.2, 0.25) is 5.02 Å². The second kappa shape index (κ2) is 6.97. The van der Waals surface area contributed by atoms with Crippen molar-refractivity contribution in [3.8, 4) is 0 Å². The summed E-state index contributed by atoms with van der Waals surface area (Å²) < 4.78 is 16.5. The Morgan fingerprint density at radius 2 is 2.06 bits per heavy atom. The molecule has 0 radical (unpaired) electrons. The molecule has 1 aromatic carbocycles. The lowest BCUT2D eigenvalue weighted by molar-refractivity contribution is 0.348. The summed E-state index contributed by atoms with van der Waals surface area (Å²) in [7, 11) is -1.62. The largest absolute Gasteiger partial charge is 0.508 e. The molecule has 2 N–H and O–H groups in total. The molecule has 0 heterocycles. The summed E-state index contributed by atoms with van der Waals surface area (Å²) in [5.41, 5.74) is 6.72. The van der Waals surface area contributed by atoms with Gasteiger partial charge in [-0.05, 0) is 29.2 Å². The van der Waals surface area contributed by atoms with Crippen LogP contribution >= 0.6 is 19.6 Å². The van der Waals surface area contributed by atoms with Gasteiger partial charge in [-0.2, -0.15) is 0 Å². The summed E-state index contributed by atoms with van der Waals surface area (Å²) in [6.45, 7) is 2.75. The van der Waals surface area contributed by atoms with Gasteiger partial charge in [-0.25, -0.2) is 0 Å². The van der Waals surface area contributed by atoms with Gasteiger partial charge in [-0.15, -0.1) is 4.52 Å². The van der Waals surface area contributed by atoms with E-state index in [9.17, 15) is 4.57 Å². The summed E-state index contributed by atoms with van der Waals surface area (Å²) in [6, 6.07) is 7.45. The molecule has 16 heavy (non-hydrogen) atoms. The van der Waals surface area contributed by atoms with Gasteiger partial charge in [-0.1, -0.05) is 23.7 Å². The Hall–Kier alpha value is -0.470. The molecule has 88 valence electrons. The van der Waals surface area contributed by atoms with Crippen LogP contribution in [0.4, 0.5) is 0 Å². The van der Waals surface area contributed by atoms with Crippen molar-refractivity contribution in [1.82, 2.24) is 0 Å². The van der Waals surface area contributed by atoms with Crippen molar-refractivity contribution in [3.05, 3.63) is 34.9 Å². The number of hydrogen-bond acceptors (Lipinski definition) is 3. The minimum absolute atomic E-state index is 0.0624. The average molecular weight is 261 g/mol. The molecule has 0 fully saturated rings. The highest BCUT2D eigenvalue weighted by Crippen LogP contribution is 2.30. The molecule has 0 aromatic heterocycles. The maximum Gasteiger partial charge on any atom is 0.508 e. The minimum atomic E-state index is -1.62. The monoisotopic (exact) mass is 260 g/mol. The van der Waals surface area contributed by atoms with E-state index in [0.717, 1.165) is 5.56 Å². The molecule has 3 nitrogen and oxygen atoms in total.